The van der Waals surface area contributed by atoms with Crippen molar-refractivity contribution in [2.24, 2.45) is 0 Å². The van der Waals surface area contributed by atoms with Crippen LogP contribution in [0.5, 0.6) is 0 Å². The number of rotatable bonds is 15. The highest BCUT2D eigenvalue weighted by Crippen LogP contribution is 2.09. The number of carboxylic acids is 1. The molecule has 1 amide bonds. The maximum Gasteiger partial charge on any atom is 0.410 e. The second-order valence-corrected chi connectivity index (χ2v) is 8.04. The number of carbonyl (C=O) groups is 3. The van der Waals surface area contributed by atoms with Gasteiger partial charge in [0.25, 0.3) is 0 Å². The summed E-state index contributed by atoms with van der Waals surface area (Å²) in [5, 5.41) is 12.2. The molecule has 2 aromatic carbocycles. The molecule has 0 aliphatic carbocycles. The third kappa shape index (κ3) is 10.6. The van der Waals surface area contributed by atoms with Gasteiger partial charge in [0.2, 0.25) is 0 Å². The number of aliphatic carboxylic acids is 1. The molecule has 0 aliphatic rings. The Morgan fingerprint density at radius 2 is 1.57 bits per heavy atom. The van der Waals surface area contributed by atoms with Crippen LogP contribution in [0.25, 0.3) is 0 Å². The van der Waals surface area contributed by atoms with Gasteiger partial charge in [-0.15, -0.1) is 0 Å². The Hall–Kier alpha value is -3.43. The maximum absolute atomic E-state index is 12.7. The van der Waals surface area contributed by atoms with E-state index in [1.165, 1.54) is 12.0 Å². The van der Waals surface area contributed by atoms with Gasteiger partial charge in [-0.05, 0) is 24.5 Å². The molecule has 0 aromatic heterocycles. The van der Waals surface area contributed by atoms with E-state index < -0.39 is 30.1 Å². The number of hydrogen-bond donors (Lipinski definition) is 2. The monoisotopic (exact) mass is 486 g/mol. The molecule has 0 saturated carbocycles. The smallest absolute Gasteiger partial charge is 0.410 e. The standard InChI is InChI=1S/C26H34N2O7/c1-20(28(15-13-24(29)30)26(32)35-19-22-11-7-4-8-12-22)17-27-23(25(31)33-2)14-16-34-18-21-9-5-3-6-10-21/h3-12,20,23,27H,13-19H2,1-2H3,(H,29,30)/t20-,23+/m1/s1. The summed E-state index contributed by atoms with van der Waals surface area (Å²) >= 11 is 0. The summed E-state index contributed by atoms with van der Waals surface area (Å²) in [4.78, 5) is 37.4. The summed E-state index contributed by atoms with van der Waals surface area (Å²) in [6.07, 6.45) is -0.469. The fraction of sp³-hybridized carbons (Fsp3) is 0.423. The molecule has 0 radical (unpaired) electrons. The van der Waals surface area contributed by atoms with Crippen molar-refractivity contribution < 1.29 is 33.7 Å². The second kappa shape index (κ2) is 15.5. The van der Waals surface area contributed by atoms with E-state index in [1.807, 2.05) is 60.7 Å². The summed E-state index contributed by atoms with van der Waals surface area (Å²) < 4.78 is 16.0. The largest absolute Gasteiger partial charge is 0.481 e. The number of hydrogen-bond acceptors (Lipinski definition) is 7. The topological polar surface area (TPSA) is 114 Å². The SMILES string of the molecule is COC(=O)[C@H](CCOCc1ccccc1)NC[C@@H](C)N(CCC(=O)O)C(=O)OCc1ccccc1. The first-order valence-corrected chi connectivity index (χ1v) is 11.5. The van der Waals surface area contributed by atoms with E-state index in [2.05, 4.69) is 5.32 Å². The van der Waals surface area contributed by atoms with Crippen molar-refractivity contribution in [3.63, 3.8) is 0 Å². The molecule has 190 valence electrons. The molecule has 2 rings (SSSR count). The number of nitrogens with one attached hydrogen (secondary N) is 1. The molecule has 2 aromatic rings. The molecular weight excluding hydrogens is 452 g/mol. The molecule has 2 N–H and O–H groups in total. The Bertz CT molecular complexity index is 908. The molecular formula is C26H34N2O7. The van der Waals surface area contributed by atoms with Gasteiger partial charge in [-0.25, -0.2) is 4.79 Å². The van der Waals surface area contributed by atoms with Crippen molar-refractivity contribution in [3.8, 4) is 0 Å². The summed E-state index contributed by atoms with van der Waals surface area (Å²) in [5.74, 6) is -1.46. The predicted molar refractivity (Wildman–Crippen MR) is 130 cm³/mol. The van der Waals surface area contributed by atoms with Crippen LogP contribution in [0.15, 0.2) is 60.7 Å². The van der Waals surface area contributed by atoms with Gasteiger partial charge in [0.05, 0.1) is 20.1 Å². The quantitative estimate of drug-likeness (QED) is 0.291. The predicted octanol–water partition coefficient (Wildman–Crippen LogP) is 3.23. The van der Waals surface area contributed by atoms with E-state index in [0.717, 1.165) is 11.1 Å². The highest BCUT2D eigenvalue weighted by atomic mass is 16.6. The lowest BCUT2D eigenvalue weighted by Crippen LogP contribution is -2.49. The number of carboxylic acid groups (broad SMARTS) is 1. The average Bonchev–Trinajstić information content (AvgIpc) is 2.87. The molecule has 2 atom stereocenters. The van der Waals surface area contributed by atoms with Gasteiger partial charge < -0.3 is 29.5 Å². The average molecular weight is 487 g/mol. The number of carbonyl (C=O) groups excluding carboxylic acids is 2. The third-order valence-corrected chi connectivity index (χ3v) is 5.35. The molecule has 9 heteroatoms. The molecule has 0 aliphatic heterocycles. The van der Waals surface area contributed by atoms with Crippen molar-refractivity contribution >= 4 is 18.0 Å². The van der Waals surface area contributed by atoms with Gasteiger partial charge in [0, 0.05) is 25.7 Å². The van der Waals surface area contributed by atoms with Crippen LogP contribution in [0.2, 0.25) is 0 Å². The van der Waals surface area contributed by atoms with Crippen molar-refractivity contribution in [2.75, 3.05) is 26.8 Å². The van der Waals surface area contributed by atoms with Gasteiger partial charge in [0.1, 0.15) is 12.6 Å². The lowest BCUT2D eigenvalue weighted by Gasteiger charge is -2.29. The summed E-state index contributed by atoms with van der Waals surface area (Å²) in [7, 11) is 1.31. The number of esters is 1. The first kappa shape index (κ1) is 27.8. The number of amides is 1. The third-order valence-electron chi connectivity index (χ3n) is 5.35. The van der Waals surface area contributed by atoms with Crippen molar-refractivity contribution in [2.45, 2.75) is 45.1 Å². The first-order valence-electron chi connectivity index (χ1n) is 11.5. The van der Waals surface area contributed by atoms with E-state index in [4.69, 9.17) is 19.3 Å². The number of nitrogens with zero attached hydrogens (tertiary/aromatic N) is 1. The zero-order valence-corrected chi connectivity index (χ0v) is 20.2. The van der Waals surface area contributed by atoms with E-state index in [-0.39, 0.29) is 26.1 Å². The molecule has 35 heavy (non-hydrogen) atoms. The number of ether oxygens (including phenoxy) is 3. The van der Waals surface area contributed by atoms with E-state index in [1.54, 1.807) is 6.92 Å². The van der Waals surface area contributed by atoms with Crippen LogP contribution in [0, 0.1) is 0 Å². The minimum atomic E-state index is -1.02. The summed E-state index contributed by atoms with van der Waals surface area (Å²) in [6.45, 7) is 2.82. The van der Waals surface area contributed by atoms with Gasteiger partial charge in [-0.2, -0.15) is 0 Å². The number of methoxy groups -OCH3 is 1. The highest BCUT2D eigenvalue weighted by Gasteiger charge is 2.25. The van der Waals surface area contributed by atoms with E-state index in [0.29, 0.717) is 19.6 Å². The summed E-state index contributed by atoms with van der Waals surface area (Å²) in [5.41, 5.74) is 1.86. The summed E-state index contributed by atoms with van der Waals surface area (Å²) in [6, 6.07) is 17.8. The van der Waals surface area contributed by atoms with Crippen LogP contribution in [-0.2, 0) is 37.0 Å². The van der Waals surface area contributed by atoms with Gasteiger partial charge in [-0.3, -0.25) is 9.59 Å². The Labute approximate surface area is 206 Å². The molecule has 0 fully saturated rings. The fourth-order valence-corrected chi connectivity index (χ4v) is 3.34. The fourth-order valence-electron chi connectivity index (χ4n) is 3.34. The Balaban J connectivity index is 1.89. The first-order chi connectivity index (χ1) is 16.9. The van der Waals surface area contributed by atoms with Gasteiger partial charge in [0.15, 0.2) is 0 Å². The Kier molecular flexibility index (Phi) is 12.3. The zero-order chi connectivity index (χ0) is 25.5. The van der Waals surface area contributed by atoms with Gasteiger partial charge in [-0.1, -0.05) is 60.7 Å². The van der Waals surface area contributed by atoms with Crippen LogP contribution in [0.4, 0.5) is 4.79 Å². The molecule has 0 bridgehead atoms. The van der Waals surface area contributed by atoms with E-state index in [9.17, 15) is 14.4 Å². The molecule has 0 saturated heterocycles. The molecule has 0 unspecified atom stereocenters. The van der Waals surface area contributed by atoms with Crippen LogP contribution in [-0.4, -0.2) is 66.9 Å². The zero-order valence-electron chi connectivity index (χ0n) is 20.2. The molecule has 0 heterocycles. The Morgan fingerprint density at radius 3 is 2.14 bits per heavy atom. The lowest BCUT2D eigenvalue weighted by molar-refractivity contribution is -0.143. The van der Waals surface area contributed by atoms with Crippen molar-refractivity contribution in [3.05, 3.63) is 71.8 Å². The van der Waals surface area contributed by atoms with Crippen LogP contribution in [0.3, 0.4) is 0 Å². The van der Waals surface area contributed by atoms with Crippen LogP contribution < -0.4 is 5.32 Å². The van der Waals surface area contributed by atoms with E-state index >= 15 is 0 Å². The van der Waals surface area contributed by atoms with Gasteiger partial charge >= 0.3 is 18.0 Å². The molecule has 9 nitrogen and oxygen atoms in total. The Morgan fingerprint density at radius 1 is 0.971 bits per heavy atom. The minimum absolute atomic E-state index is 0.0190. The second-order valence-electron chi connectivity index (χ2n) is 8.04. The minimum Gasteiger partial charge on any atom is -0.481 e. The molecule has 0 spiro atoms. The lowest BCUT2D eigenvalue weighted by atomic mass is 10.2. The van der Waals surface area contributed by atoms with Crippen molar-refractivity contribution in [1.29, 1.82) is 0 Å². The van der Waals surface area contributed by atoms with Crippen LogP contribution in [0.1, 0.15) is 30.9 Å². The van der Waals surface area contributed by atoms with Crippen LogP contribution >= 0.6 is 0 Å². The normalized spacial score (nSPS) is 12.4. The van der Waals surface area contributed by atoms with Crippen molar-refractivity contribution in [1.82, 2.24) is 10.2 Å². The maximum atomic E-state index is 12.7. The number of benzene rings is 2. The highest BCUT2D eigenvalue weighted by molar-refractivity contribution is 5.75.